The number of hydrogen-bond donors (Lipinski definition) is 3. The first kappa shape index (κ1) is 38.3. The van der Waals surface area contributed by atoms with Crippen molar-refractivity contribution < 1.29 is 19.0 Å². The van der Waals surface area contributed by atoms with E-state index in [0.29, 0.717) is 43.9 Å². The van der Waals surface area contributed by atoms with Crippen LogP contribution in [-0.4, -0.2) is 105 Å². The lowest BCUT2D eigenvalue weighted by atomic mass is 10.1. The summed E-state index contributed by atoms with van der Waals surface area (Å²) in [5.74, 6) is 1.09. The van der Waals surface area contributed by atoms with Crippen molar-refractivity contribution in [3.63, 3.8) is 0 Å². The average molecular weight is 646 g/mol. The van der Waals surface area contributed by atoms with Crippen LogP contribution in [0, 0.1) is 13.8 Å². The second kappa shape index (κ2) is 17.5. The topological polar surface area (TPSA) is 144 Å². The van der Waals surface area contributed by atoms with Gasteiger partial charge in [-0.25, -0.2) is 14.8 Å². The lowest BCUT2D eigenvalue weighted by Crippen LogP contribution is -2.57. The lowest BCUT2D eigenvalue weighted by molar-refractivity contribution is 0.00343. The van der Waals surface area contributed by atoms with E-state index in [1.807, 2.05) is 46.0 Å². The highest BCUT2D eigenvalue weighted by Gasteiger charge is 2.34. The molecule has 1 amide bonds. The van der Waals surface area contributed by atoms with Crippen molar-refractivity contribution in [2.75, 3.05) is 88.0 Å². The van der Waals surface area contributed by atoms with E-state index in [4.69, 9.17) is 25.7 Å². The third-order valence-corrected chi connectivity index (χ3v) is 6.98. The first-order chi connectivity index (χ1) is 19.4. The third-order valence-electron chi connectivity index (χ3n) is 6.98. The molecule has 5 N–H and O–H groups in total. The number of piperazine rings is 2. The van der Waals surface area contributed by atoms with Crippen molar-refractivity contribution >= 4 is 53.9 Å². The molecular weight excluding hydrogens is 595 g/mol. The van der Waals surface area contributed by atoms with Crippen LogP contribution in [0.1, 0.15) is 31.9 Å². The number of hydrogen-bond acceptors (Lipinski definition) is 11. The number of amides is 1. The summed E-state index contributed by atoms with van der Waals surface area (Å²) < 4.78 is 16.0. The van der Waals surface area contributed by atoms with Gasteiger partial charge in [0.25, 0.3) is 0 Å². The van der Waals surface area contributed by atoms with Gasteiger partial charge in [0.1, 0.15) is 17.2 Å². The molecule has 43 heavy (non-hydrogen) atoms. The normalized spacial score (nSPS) is 18.5. The molecule has 0 unspecified atom stereocenters. The zero-order valence-electron chi connectivity index (χ0n) is 26.5. The molecular formula is C29H50Cl2N8O4. The Hall–Kier alpha value is -2.77. The fourth-order valence-corrected chi connectivity index (χ4v) is 5.13. The summed E-state index contributed by atoms with van der Waals surface area (Å²) in [6.45, 7) is 15.7. The number of pyridine rings is 2. The fourth-order valence-electron chi connectivity index (χ4n) is 5.13. The predicted octanol–water partition coefficient (Wildman–Crippen LogP) is 3.28. The van der Waals surface area contributed by atoms with Crippen molar-refractivity contribution in [3.8, 4) is 0 Å². The Balaban J connectivity index is 0.000000432. The summed E-state index contributed by atoms with van der Waals surface area (Å²) in [6.07, 6.45) is 3.36. The van der Waals surface area contributed by atoms with Gasteiger partial charge >= 0.3 is 6.09 Å². The molecule has 4 rings (SSSR count). The number of nitrogens with one attached hydrogen (secondary N) is 1. The van der Waals surface area contributed by atoms with Gasteiger partial charge in [0.05, 0.1) is 43.0 Å². The summed E-state index contributed by atoms with van der Waals surface area (Å²) in [5, 5.41) is 3.44. The minimum absolute atomic E-state index is 0. The molecule has 2 aliphatic heterocycles. The molecule has 0 spiro atoms. The van der Waals surface area contributed by atoms with Crippen LogP contribution in [0.4, 0.5) is 27.8 Å². The van der Waals surface area contributed by atoms with Gasteiger partial charge in [-0.2, -0.15) is 0 Å². The zero-order chi connectivity index (χ0) is 30.2. The number of nitrogens with zero attached hydrogens (tertiary/aromatic N) is 5. The zero-order valence-corrected chi connectivity index (χ0v) is 28.1. The van der Waals surface area contributed by atoms with Crippen LogP contribution in [0.2, 0.25) is 0 Å². The van der Waals surface area contributed by atoms with E-state index >= 15 is 0 Å². The molecule has 0 saturated carbocycles. The number of anilines is 4. The molecule has 244 valence electrons. The highest BCUT2D eigenvalue weighted by Crippen LogP contribution is 2.25. The average Bonchev–Trinajstić information content (AvgIpc) is 2.89. The van der Waals surface area contributed by atoms with E-state index in [1.54, 1.807) is 25.3 Å². The lowest BCUT2D eigenvalue weighted by Gasteiger charge is -2.42. The number of carbonyl (C=O) groups excluding carboxylic acids is 1. The van der Waals surface area contributed by atoms with E-state index in [-0.39, 0.29) is 36.9 Å². The Bertz CT molecular complexity index is 1150. The van der Waals surface area contributed by atoms with E-state index in [9.17, 15) is 4.79 Å². The van der Waals surface area contributed by atoms with Crippen LogP contribution >= 0.6 is 24.8 Å². The second-order valence-corrected chi connectivity index (χ2v) is 11.6. The molecule has 12 nitrogen and oxygen atoms in total. The minimum Gasteiger partial charge on any atom is -0.444 e. The van der Waals surface area contributed by atoms with Crippen molar-refractivity contribution in [1.29, 1.82) is 0 Å². The highest BCUT2D eigenvalue weighted by atomic mass is 35.5. The van der Waals surface area contributed by atoms with Crippen LogP contribution in [0.15, 0.2) is 24.5 Å². The number of rotatable bonds is 6. The molecule has 2 atom stereocenters. The number of carbonyl (C=O) groups is 1. The Labute approximate surface area is 268 Å². The maximum Gasteiger partial charge on any atom is 0.410 e. The smallest absolute Gasteiger partial charge is 0.410 e. The number of aromatic nitrogens is 2. The highest BCUT2D eigenvalue weighted by molar-refractivity contribution is 5.85. The monoisotopic (exact) mass is 644 g/mol. The van der Waals surface area contributed by atoms with E-state index in [1.165, 1.54) is 11.3 Å². The predicted molar refractivity (Wildman–Crippen MR) is 178 cm³/mol. The molecule has 2 aromatic rings. The fraction of sp³-hybridized carbons (Fsp3) is 0.621. The van der Waals surface area contributed by atoms with Crippen LogP contribution in [0.5, 0.6) is 0 Å². The van der Waals surface area contributed by atoms with Crippen LogP contribution in [0.3, 0.4) is 0 Å². The molecule has 2 fully saturated rings. The van der Waals surface area contributed by atoms with Gasteiger partial charge in [0.15, 0.2) is 0 Å². The molecule has 2 saturated heterocycles. The number of nitrogen functional groups attached to an aromatic ring is 2. The summed E-state index contributed by atoms with van der Waals surface area (Å²) >= 11 is 0. The van der Waals surface area contributed by atoms with Gasteiger partial charge < -0.3 is 40.8 Å². The van der Waals surface area contributed by atoms with Crippen LogP contribution < -0.4 is 26.6 Å². The van der Waals surface area contributed by atoms with Gasteiger partial charge in [-0.3, -0.25) is 4.90 Å². The van der Waals surface area contributed by atoms with Crippen molar-refractivity contribution in [2.45, 2.75) is 52.3 Å². The van der Waals surface area contributed by atoms with Gasteiger partial charge in [0, 0.05) is 59.5 Å². The van der Waals surface area contributed by atoms with Crippen LogP contribution in [-0.2, 0) is 14.2 Å². The maximum atomic E-state index is 12.5. The van der Waals surface area contributed by atoms with E-state index in [2.05, 4.69) is 32.0 Å². The summed E-state index contributed by atoms with van der Waals surface area (Å²) in [6, 6.07) is 4.09. The summed E-state index contributed by atoms with van der Waals surface area (Å²) in [4.78, 5) is 27.1. The molecule has 0 radical (unpaired) electrons. The number of nitrogens with two attached hydrogens (primary N) is 2. The molecule has 0 aliphatic carbocycles. The standard InChI is InChI=1S/C17H28N4O3.C12H20N4O.2ClH/c1-12-8-15(18)19-9-14(12)20-6-7-21(13(10-20)11-23-5)16(22)24-17(2,3)4;1-9-5-12(13)15-6-11(9)16-4-3-14-10(7-16)8-17-2;;/h8-9,13H,6-7,10-11H2,1-5H3,(H2,18,19);5-6,10,14H,3-4,7-8H2,1-2H3,(H2,13,15);2*1H/t13-;10-;;/m11../s1. The van der Waals surface area contributed by atoms with Gasteiger partial charge in [-0.1, -0.05) is 0 Å². The minimum atomic E-state index is -0.511. The maximum absolute atomic E-state index is 12.5. The molecule has 0 bridgehead atoms. The largest absolute Gasteiger partial charge is 0.444 e. The van der Waals surface area contributed by atoms with Crippen molar-refractivity contribution in [3.05, 3.63) is 35.7 Å². The molecule has 2 aliphatic rings. The molecule has 2 aromatic heterocycles. The first-order valence-corrected chi connectivity index (χ1v) is 14.1. The number of halogens is 2. The van der Waals surface area contributed by atoms with E-state index in [0.717, 1.165) is 37.5 Å². The van der Waals surface area contributed by atoms with Crippen molar-refractivity contribution in [2.24, 2.45) is 0 Å². The Morgan fingerprint density at radius 3 is 1.93 bits per heavy atom. The first-order valence-electron chi connectivity index (χ1n) is 14.1. The number of ether oxygens (including phenoxy) is 3. The quantitative estimate of drug-likeness (QED) is 0.426. The summed E-state index contributed by atoms with van der Waals surface area (Å²) in [5.41, 5.74) is 15.3. The van der Waals surface area contributed by atoms with Crippen LogP contribution in [0.25, 0.3) is 0 Å². The van der Waals surface area contributed by atoms with Gasteiger partial charge in [0.2, 0.25) is 0 Å². The number of methoxy groups -OCH3 is 2. The van der Waals surface area contributed by atoms with Crippen molar-refractivity contribution in [1.82, 2.24) is 20.2 Å². The third kappa shape index (κ3) is 11.3. The molecule has 14 heteroatoms. The Kier molecular flexibility index (Phi) is 15.6. The SMILES string of the molecule is COC[C@H]1CN(c2cnc(N)cc2C)CCN1.COC[C@H]1CN(c2cnc(N)cc2C)CCN1C(=O)OC(C)(C)C.Cl.Cl. The van der Waals surface area contributed by atoms with Gasteiger partial charge in [-0.05, 0) is 57.9 Å². The van der Waals surface area contributed by atoms with E-state index < -0.39 is 5.60 Å². The Morgan fingerprint density at radius 2 is 1.44 bits per heavy atom. The second-order valence-electron chi connectivity index (χ2n) is 11.6. The molecule has 4 heterocycles. The molecule has 0 aromatic carbocycles. The van der Waals surface area contributed by atoms with Gasteiger partial charge in [-0.15, -0.1) is 24.8 Å². The Morgan fingerprint density at radius 1 is 0.907 bits per heavy atom. The number of aryl methyl sites for hydroxylation is 2. The summed E-state index contributed by atoms with van der Waals surface area (Å²) in [7, 11) is 3.37.